The highest BCUT2D eigenvalue weighted by molar-refractivity contribution is 6.30. The largest absolute Gasteiger partial charge is 0.356 e. The Balaban J connectivity index is 0. The van der Waals surface area contributed by atoms with Crippen LogP contribution in [0.4, 0.5) is 4.39 Å². The first-order chi connectivity index (χ1) is 17.8. The molecule has 9 nitrogen and oxygen atoms in total. The normalized spacial score (nSPS) is 13.3. The third-order valence-corrected chi connectivity index (χ3v) is 5.21. The molecule has 1 fully saturated rings. The predicted molar refractivity (Wildman–Crippen MR) is 145 cm³/mol. The minimum Gasteiger partial charge on any atom is -0.356 e. The van der Waals surface area contributed by atoms with Crippen molar-refractivity contribution in [2.45, 2.75) is 51.1 Å². The van der Waals surface area contributed by atoms with Gasteiger partial charge in [-0.25, -0.2) is 4.39 Å². The zero-order valence-corrected chi connectivity index (χ0v) is 22.7. The summed E-state index contributed by atoms with van der Waals surface area (Å²) in [7, 11) is 4.92. The van der Waals surface area contributed by atoms with E-state index in [1.807, 2.05) is 14.0 Å². The molecule has 2 rings (SSSR count). The number of hydrogen-bond donors (Lipinski definition) is 4. The van der Waals surface area contributed by atoms with Gasteiger partial charge in [-0.3, -0.25) is 19.2 Å². The Labute approximate surface area is 223 Å². The molecule has 1 aliphatic carbocycles. The van der Waals surface area contributed by atoms with Gasteiger partial charge < -0.3 is 26.5 Å². The maximum atomic E-state index is 12.9. The van der Waals surface area contributed by atoms with Gasteiger partial charge in [0.2, 0.25) is 11.7 Å². The van der Waals surface area contributed by atoms with Crippen LogP contribution < -0.4 is 21.7 Å². The summed E-state index contributed by atoms with van der Waals surface area (Å²) in [6.45, 7) is 2.40. The van der Waals surface area contributed by atoms with Crippen LogP contribution in [0, 0.1) is 11.7 Å². The molecule has 0 aromatic heterocycles. The SMILES string of the molecule is CCNC(=O)CCC(NC)C(=O)C=O.CN.CN[C@H](C=O)CC1CC1.O=C/C=C/c1ccc(Cl)cc1F. The zero-order valence-electron chi connectivity index (χ0n) is 22.0. The monoisotopic (exact) mass is 542 g/mol. The lowest BCUT2D eigenvalue weighted by Gasteiger charge is -2.10. The molecular weight excluding hydrogens is 503 g/mol. The second-order valence-electron chi connectivity index (χ2n) is 7.73. The summed E-state index contributed by atoms with van der Waals surface area (Å²) >= 11 is 5.52. The smallest absolute Gasteiger partial charge is 0.220 e. The molecule has 0 radical (unpaired) electrons. The van der Waals surface area contributed by atoms with Crippen molar-refractivity contribution >= 4 is 48.2 Å². The topological polar surface area (TPSA) is 147 Å². The number of halogens is 2. The molecule has 0 heterocycles. The van der Waals surface area contributed by atoms with Gasteiger partial charge in [0.05, 0.1) is 12.1 Å². The van der Waals surface area contributed by atoms with Crippen molar-refractivity contribution < 1.29 is 28.4 Å². The summed E-state index contributed by atoms with van der Waals surface area (Å²) in [5, 5.41) is 8.60. The minimum atomic E-state index is -0.546. The number of amides is 1. The summed E-state index contributed by atoms with van der Waals surface area (Å²) in [5.41, 5.74) is 4.85. The lowest BCUT2D eigenvalue weighted by molar-refractivity contribution is -0.131. The quantitative estimate of drug-likeness (QED) is 0.168. The standard InChI is InChI=1S/C9H6ClFO.C9H16N2O3.C7H13NO.CH5N/c10-8-4-3-7(2-1-5-12)9(11)6-8;1-3-11-9(14)5-4-7(10-2)8(13)6-12;1-8-7(5-9)4-6-2-3-6;1-2/h1-6H;6-7,10H,3-5H2,1-2H3,(H,11,14);5-8H,2-4H2,1H3;2H2,1H3/b2-1+;;;/t;;7-;/m..0./s1. The van der Waals surface area contributed by atoms with E-state index in [-0.39, 0.29) is 24.7 Å². The van der Waals surface area contributed by atoms with Crippen molar-refractivity contribution in [1.29, 1.82) is 0 Å². The number of ketones is 1. The summed E-state index contributed by atoms with van der Waals surface area (Å²) in [6, 6.07) is 3.84. The number of carbonyl (C=O) groups excluding carboxylic acids is 5. The summed E-state index contributed by atoms with van der Waals surface area (Å²) in [5.74, 6) is -0.212. The molecule has 1 amide bonds. The lowest BCUT2D eigenvalue weighted by Crippen LogP contribution is -2.36. The Kier molecular flexibility index (Phi) is 23.2. The van der Waals surface area contributed by atoms with E-state index in [2.05, 4.69) is 21.7 Å². The Morgan fingerprint density at radius 1 is 1.16 bits per heavy atom. The van der Waals surface area contributed by atoms with Crippen LogP contribution in [0.1, 0.15) is 44.6 Å². The van der Waals surface area contributed by atoms with Gasteiger partial charge in [-0.15, -0.1) is 0 Å². The number of rotatable bonds is 13. The first kappa shape index (κ1) is 36.4. The Morgan fingerprint density at radius 2 is 1.81 bits per heavy atom. The Morgan fingerprint density at radius 3 is 2.24 bits per heavy atom. The van der Waals surface area contributed by atoms with Gasteiger partial charge in [0.15, 0.2) is 6.29 Å². The number of nitrogens with two attached hydrogens (primary N) is 1. The van der Waals surface area contributed by atoms with Crippen LogP contribution in [0.2, 0.25) is 5.02 Å². The van der Waals surface area contributed by atoms with Gasteiger partial charge in [-0.2, -0.15) is 0 Å². The molecule has 0 spiro atoms. The van der Waals surface area contributed by atoms with Gasteiger partial charge in [-0.05, 0) is 71.1 Å². The Bertz CT molecular complexity index is 850. The van der Waals surface area contributed by atoms with Gasteiger partial charge in [0.25, 0.3) is 0 Å². The van der Waals surface area contributed by atoms with E-state index < -0.39 is 17.6 Å². The van der Waals surface area contributed by atoms with E-state index in [0.717, 1.165) is 18.6 Å². The molecule has 1 aliphatic rings. The molecule has 208 valence electrons. The van der Waals surface area contributed by atoms with Gasteiger partial charge in [-0.1, -0.05) is 30.5 Å². The van der Waals surface area contributed by atoms with Crippen LogP contribution >= 0.6 is 11.6 Å². The molecule has 1 aromatic rings. The molecule has 37 heavy (non-hydrogen) atoms. The van der Waals surface area contributed by atoms with E-state index in [1.165, 1.54) is 44.2 Å². The van der Waals surface area contributed by atoms with Crippen LogP contribution in [-0.2, 0) is 24.0 Å². The van der Waals surface area contributed by atoms with Gasteiger partial charge >= 0.3 is 0 Å². The molecule has 1 saturated carbocycles. The van der Waals surface area contributed by atoms with E-state index >= 15 is 0 Å². The molecule has 1 aromatic carbocycles. The molecule has 0 saturated heterocycles. The van der Waals surface area contributed by atoms with Gasteiger partial charge in [0, 0.05) is 23.6 Å². The van der Waals surface area contributed by atoms with Crippen LogP contribution in [-0.4, -0.2) is 70.3 Å². The number of hydrogen-bond acceptors (Lipinski definition) is 8. The second-order valence-corrected chi connectivity index (χ2v) is 8.16. The van der Waals surface area contributed by atoms with E-state index in [0.29, 0.717) is 29.8 Å². The number of nitrogens with one attached hydrogen (secondary N) is 3. The van der Waals surface area contributed by atoms with Crippen molar-refractivity contribution in [3.63, 3.8) is 0 Å². The molecule has 2 atom stereocenters. The molecular formula is C26H40ClFN4O5. The van der Waals surface area contributed by atoms with Crippen molar-refractivity contribution in [2.75, 3.05) is 27.7 Å². The number of allylic oxidation sites excluding steroid dienone is 1. The number of carbonyl (C=O) groups is 5. The highest BCUT2D eigenvalue weighted by atomic mass is 35.5. The number of benzene rings is 1. The van der Waals surface area contributed by atoms with Crippen LogP contribution in [0.15, 0.2) is 24.3 Å². The van der Waals surface area contributed by atoms with E-state index in [1.54, 1.807) is 13.1 Å². The summed E-state index contributed by atoms with van der Waals surface area (Å²) < 4.78 is 12.9. The summed E-state index contributed by atoms with van der Waals surface area (Å²) in [4.78, 5) is 52.3. The molecule has 11 heteroatoms. The van der Waals surface area contributed by atoms with E-state index in [4.69, 9.17) is 11.6 Å². The molecule has 0 bridgehead atoms. The van der Waals surface area contributed by atoms with Crippen LogP contribution in [0.5, 0.6) is 0 Å². The second kappa shape index (κ2) is 23.6. The third-order valence-electron chi connectivity index (χ3n) is 4.98. The first-order valence-corrected chi connectivity index (χ1v) is 12.3. The minimum absolute atomic E-state index is 0.105. The average Bonchev–Trinajstić information content (AvgIpc) is 3.73. The predicted octanol–water partition coefficient (Wildman–Crippen LogP) is 2.10. The first-order valence-electron chi connectivity index (χ1n) is 12.0. The number of Topliss-reactive ketones (excluding diaryl/α,β-unsaturated/α-hetero) is 1. The van der Waals surface area contributed by atoms with Crippen molar-refractivity contribution in [2.24, 2.45) is 11.7 Å². The fourth-order valence-corrected chi connectivity index (χ4v) is 2.96. The maximum Gasteiger partial charge on any atom is 0.220 e. The lowest BCUT2D eigenvalue weighted by atomic mass is 10.1. The maximum absolute atomic E-state index is 12.9. The molecule has 5 N–H and O–H groups in total. The third kappa shape index (κ3) is 19.0. The summed E-state index contributed by atoms with van der Waals surface area (Å²) in [6.07, 6.45) is 8.77. The van der Waals surface area contributed by atoms with Crippen LogP contribution in [0.25, 0.3) is 6.08 Å². The highest BCUT2D eigenvalue weighted by Crippen LogP contribution is 2.33. The van der Waals surface area contributed by atoms with Crippen LogP contribution in [0.3, 0.4) is 0 Å². The fourth-order valence-electron chi connectivity index (χ4n) is 2.81. The molecule has 0 aliphatic heterocycles. The number of aldehydes is 3. The zero-order chi connectivity index (χ0) is 28.6. The van der Waals surface area contributed by atoms with Crippen molar-refractivity contribution in [3.8, 4) is 0 Å². The van der Waals surface area contributed by atoms with Crippen molar-refractivity contribution in [1.82, 2.24) is 16.0 Å². The average molecular weight is 543 g/mol. The fraction of sp³-hybridized carbons (Fsp3) is 0.500. The van der Waals surface area contributed by atoms with E-state index in [9.17, 15) is 28.4 Å². The number of likely N-dealkylation sites (N-methyl/N-ethyl adjacent to an activating group) is 2. The van der Waals surface area contributed by atoms with Gasteiger partial charge in [0.1, 0.15) is 18.4 Å². The van der Waals surface area contributed by atoms with Crippen molar-refractivity contribution in [3.05, 3.63) is 40.7 Å². The molecule has 1 unspecified atom stereocenters. The Hall–Kier alpha value is -2.79. The highest BCUT2D eigenvalue weighted by Gasteiger charge is 2.24.